The van der Waals surface area contributed by atoms with Crippen molar-refractivity contribution in [2.75, 3.05) is 6.61 Å². The van der Waals surface area contributed by atoms with E-state index in [1.165, 1.54) is 0 Å². The smallest absolute Gasteiger partial charge is 0.116 e. The molecule has 1 fully saturated rings. The highest BCUT2D eigenvalue weighted by Crippen LogP contribution is 2.35. The van der Waals surface area contributed by atoms with Crippen LogP contribution in [0.4, 0.5) is 0 Å². The minimum absolute atomic E-state index is 0.203. The second-order valence-corrected chi connectivity index (χ2v) is 15.4. The Hall–Kier alpha value is -5.70. The third kappa shape index (κ3) is 8.85. The molecule has 296 valence electrons. The maximum Gasteiger partial charge on any atom is 0.116 e. The minimum atomic E-state index is -1.13. The van der Waals surface area contributed by atoms with E-state index in [1.54, 1.807) is 6.08 Å². The van der Waals surface area contributed by atoms with E-state index in [1.807, 2.05) is 48.5 Å². The highest BCUT2D eigenvalue weighted by Gasteiger charge is 2.54. The number of fused-ring (bicyclic) bond motifs is 4. The quantitative estimate of drug-likeness (QED) is 0.105. The Morgan fingerprint density at radius 3 is 0.949 bits per heavy atom. The molecule has 0 aromatic heterocycles. The molecule has 8 aromatic carbocycles. The lowest BCUT2D eigenvalue weighted by molar-refractivity contribution is -0.280. The van der Waals surface area contributed by atoms with Crippen molar-refractivity contribution in [2.45, 2.75) is 63.1 Å². The fourth-order valence-electron chi connectivity index (χ4n) is 8.36. The molecule has 0 bridgehead atoms. The van der Waals surface area contributed by atoms with Crippen LogP contribution in [0.25, 0.3) is 43.1 Å². The van der Waals surface area contributed by atoms with Crippen LogP contribution in [-0.2, 0) is 50.1 Å². The lowest BCUT2D eigenvalue weighted by atomic mass is 9.83. The second-order valence-electron chi connectivity index (χ2n) is 15.4. The normalized spacial score (nSPS) is 20.7. The molecule has 1 aliphatic carbocycles. The van der Waals surface area contributed by atoms with E-state index >= 15 is 0 Å². The average Bonchev–Trinajstić information content (AvgIpc) is 3.28. The van der Waals surface area contributed by atoms with Crippen molar-refractivity contribution < 1.29 is 28.8 Å². The topological polar surface area (TPSA) is 66.4 Å². The molecule has 1 aliphatic rings. The molecule has 0 radical (unpaired) electrons. The SMILES string of the molecule is C=CCO[C@H]1[C@H](O)[C@@H](OCc2ccc3ccccc3c2)[C@H](OCc2ccc3ccccc3c2)[C@@H](OCc2ccc3ccccc3c2)[C@H]1OCc1ccc2ccccc2c1. The van der Waals surface area contributed by atoms with E-state index in [0.29, 0.717) is 0 Å². The average molecular weight is 781 g/mol. The molecule has 6 atom stereocenters. The molecule has 0 spiro atoms. The molecule has 1 N–H and O–H groups in total. The fourth-order valence-corrected chi connectivity index (χ4v) is 8.36. The van der Waals surface area contributed by atoms with Crippen molar-refractivity contribution in [3.63, 3.8) is 0 Å². The van der Waals surface area contributed by atoms with Gasteiger partial charge in [0, 0.05) is 0 Å². The van der Waals surface area contributed by atoms with Crippen molar-refractivity contribution in [3.8, 4) is 0 Å². The van der Waals surface area contributed by atoms with Crippen LogP contribution in [0.3, 0.4) is 0 Å². The van der Waals surface area contributed by atoms with E-state index in [-0.39, 0.29) is 33.0 Å². The molecule has 6 nitrogen and oxygen atoms in total. The maximum absolute atomic E-state index is 12.4. The standard InChI is InChI=1S/C53H48O6/c1-2-27-55-49-48(54)50(56-32-36-19-23-40-11-3-7-15-44(40)28-36)52(58-34-38-21-25-42-13-5-9-17-46(42)30-38)53(59-35-39-22-26-43-14-6-10-18-47(43)31-39)51(49)57-33-37-20-24-41-12-4-8-16-45(41)29-37/h2-26,28-31,48-54H,1,27,32-35H2/t48-,49-,50+,51-,52-,53-/m0/s1. The lowest BCUT2D eigenvalue weighted by Crippen LogP contribution is -2.66. The van der Waals surface area contributed by atoms with Gasteiger partial charge in [-0.1, -0.05) is 152 Å². The van der Waals surface area contributed by atoms with Gasteiger partial charge in [-0.25, -0.2) is 0 Å². The maximum atomic E-state index is 12.4. The van der Waals surface area contributed by atoms with Gasteiger partial charge in [0.2, 0.25) is 0 Å². The van der Waals surface area contributed by atoms with Crippen LogP contribution in [0.15, 0.2) is 183 Å². The van der Waals surface area contributed by atoms with Crippen LogP contribution in [0.2, 0.25) is 0 Å². The summed E-state index contributed by atoms with van der Waals surface area (Å²) in [6, 6.07) is 58.5. The summed E-state index contributed by atoms with van der Waals surface area (Å²) in [6.07, 6.45) is -3.29. The number of ether oxygens (including phenoxy) is 5. The number of hydrogen-bond donors (Lipinski definition) is 1. The van der Waals surface area contributed by atoms with E-state index < -0.39 is 36.6 Å². The number of hydrogen-bond acceptors (Lipinski definition) is 6. The third-order valence-electron chi connectivity index (χ3n) is 11.4. The van der Waals surface area contributed by atoms with Gasteiger partial charge < -0.3 is 28.8 Å². The zero-order valence-electron chi connectivity index (χ0n) is 32.9. The first-order valence-corrected chi connectivity index (χ1v) is 20.4. The van der Waals surface area contributed by atoms with E-state index in [9.17, 15) is 5.11 Å². The molecule has 0 unspecified atom stereocenters. The molecule has 59 heavy (non-hydrogen) atoms. The van der Waals surface area contributed by atoms with Crippen molar-refractivity contribution in [2.24, 2.45) is 0 Å². The Kier molecular flexibility index (Phi) is 11.9. The van der Waals surface area contributed by atoms with Gasteiger partial charge in [-0.05, 0) is 89.6 Å². The zero-order chi connectivity index (χ0) is 40.0. The summed E-state index contributed by atoms with van der Waals surface area (Å²) in [4.78, 5) is 0. The number of rotatable bonds is 15. The molecule has 0 saturated heterocycles. The summed E-state index contributed by atoms with van der Waals surface area (Å²) in [5.74, 6) is 0. The van der Waals surface area contributed by atoms with Crippen molar-refractivity contribution in [1.29, 1.82) is 0 Å². The van der Waals surface area contributed by atoms with Gasteiger partial charge in [0.1, 0.15) is 36.6 Å². The highest BCUT2D eigenvalue weighted by atomic mass is 16.6. The Morgan fingerprint density at radius 1 is 0.356 bits per heavy atom. The third-order valence-corrected chi connectivity index (χ3v) is 11.4. The van der Waals surface area contributed by atoms with Crippen molar-refractivity contribution >= 4 is 43.1 Å². The number of aliphatic hydroxyl groups excluding tert-OH is 1. The summed E-state index contributed by atoms with van der Waals surface area (Å²) in [7, 11) is 0. The molecular formula is C53H48O6. The Bertz CT molecular complexity index is 2690. The molecule has 6 heteroatoms. The van der Waals surface area contributed by atoms with Gasteiger partial charge in [0.15, 0.2) is 0 Å². The number of benzene rings is 8. The molecule has 8 aromatic rings. The summed E-state index contributed by atoms with van der Waals surface area (Å²) in [6.45, 7) is 5.19. The Balaban J connectivity index is 1.08. The van der Waals surface area contributed by atoms with Crippen LogP contribution in [0.1, 0.15) is 22.3 Å². The predicted octanol–water partition coefficient (Wildman–Crippen LogP) is 10.9. The molecule has 1 saturated carbocycles. The monoisotopic (exact) mass is 780 g/mol. The van der Waals surface area contributed by atoms with Crippen LogP contribution in [0.5, 0.6) is 0 Å². The molecular weight excluding hydrogens is 733 g/mol. The van der Waals surface area contributed by atoms with Gasteiger partial charge >= 0.3 is 0 Å². The van der Waals surface area contributed by atoms with E-state index in [2.05, 4.69) is 128 Å². The van der Waals surface area contributed by atoms with Gasteiger partial charge in [-0.15, -0.1) is 6.58 Å². The zero-order valence-corrected chi connectivity index (χ0v) is 32.9. The first-order chi connectivity index (χ1) is 29.1. The van der Waals surface area contributed by atoms with Crippen LogP contribution in [-0.4, -0.2) is 48.3 Å². The second kappa shape index (κ2) is 18.1. The van der Waals surface area contributed by atoms with E-state index in [4.69, 9.17) is 23.7 Å². The van der Waals surface area contributed by atoms with Crippen LogP contribution in [0, 0.1) is 0 Å². The van der Waals surface area contributed by atoms with Gasteiger partial charge in [-0.3, -0.25) is 0 Å². The molecule has 0 heterocycles. The minimum Gasteiger partial charge on any atom is -0.387 e. The number of aliphatic hydroxyl groups is 1. The summed E-state index contributed by atoms with van der Waals surface area (Å²) < 4.78 is 34.1. The summed E-state index contributed by atoms with van der Waals surface area (Å²) in [5.41, 5.74) is 3.99. The molecule has 9 rings (SSSR count). The first-order valence-electron chi connectivity index (χ1n) is 20.4. The summed E-state index contributed by atoms with van der Waals surface area (Å²) in [5, 5.41) is 21.6. The molecule has 0 amide bonds. The fraction of sp³-hybridized carbons (Fsp3) is 0.208. The highest BCUT2D eigenvalue weighted by molar-refractivity contribution is 5.85. The molecule has 0 aliphatic heterocycles. The van der Waals surface area contributed by atoms with Gasteiger partial charge in [0.25, 0.3) is 0 Å². The Morgan fingerprint density at radius 2 is 0.627 bits per heavy atom. The van der Waals surface area contributed by atoms with Crippen LogP contribution < -0.4 is 0 Å². The summed E-state index contributed by atoms with van der Waals surface area (Å²) >= 11 is 0. The largest absolute Gasteiger partial charge is 0.387 e. The lowest BCUT2D eigenvalue weighted by Gasteiger charge is -2.48. The Labute approximate surface area is 345 Å². The van der Waals surface area contributed by atoms with Crippen molar-refractivity contribution in [1.82, 2.24) is 0 Å². The first kappa shape index (κ1) is 38.8. The van der Waals surface area contributed by atoms with Crippen molar-refractivity contribution in [3.05, 3.63) is 205 Å². The van der Waals surface area contributed by atoms with Gasteiger partial charge in [0.05, 0.1) is 33.0 Å². The predicted molar refractivity (Wildman–Crippen MR) is 236 cm³/mol. The van der Waals surface area contributed by atoms with Crippen LogP contribution >= 0.6 is 0 Å². The van der Waals surface area contributed by atoms with Gasteiger partial charge in [-0.2, -0.15) is 0 Å². The van der Waals surface area contributed by atoms with E-state index in [0.717, 1.165) is 65.3 Å².